The molecular weight excluding hydrogens is 356 g/mol. The van der Waals surface area contributed by atoms with E-state index < -0.39 is 0 Å². The number of carbonyl (C=O) groups excluding carboxylic acids is 2. The lowest BCUT2D eigenvalue weighted by molar-refractivity contribution is -0.137. The minimum atomic E-state index is 0.127. The SMILES string of the molecule is C[C@@H]1CCC[C@H](C)N1C(=O)Cn1cc(C=O)c2cc(Br)ccc21. The van der Waals surface area contributed by atoms with Crippen LogP contribution in [0.2, 0.25) is 0 Å². The lowest BCUT2D eigenvalue weighted by atomic mass is 9.97. The van der Waals surface area contributed by atoms with Crippen molar-refractivity contribution in [1.29, 1.82) is 0 Å². The number of fused-ring (bicyclic) bond motifs is 1. The molecule has 1 fully saturated rings. The van der Waals surface area contributed by atoms with Gasteiger partial charge in [-0.05, 0) is 51.3 Å². The highest BCUT2D eigenvalue weighted by Gasteiger charge is 2.29. The number of amides is 1. The number of carbonyl (C=O) groups is 2. The zero-order valence-corrected chi connectivity index (χ0v) is 15.0. The van der Waals surface area contributed by atoms with Crippen LogP contribution in [0.4, 0.5) is 0 Å². The Bertz CT molecular complexity index is 743. The van der Waals surface area contributed by atoms with Crippen LogP contribution in [0, 0.1) is 0 Å². The van der Waals surface area contributed by atoms with Crippen molar-refractivity contribution in [1.82, 2.24) is 9.47 Å². The Morgan fingerprint density at radius 1 is 1.30 bits per heavy atom. The maximum absolute atomic E-state index is 12.8. The molecule has 2 heterocycles. The first kappa shape index (κ1) is 16.2. The monoisotopic (exact) mass is 376 g/mol. The molecule has 4 nitrogen and oxygen atoms in total. The molecule has 0 radical (unpaired) electrons. The molecule has 122 valence electrons. The van der Waals surface area contributed by atoms with E-state index in [1.807, 2.05) is 27.7 Å². The number of aromatic nitrogens is 1. The van der Waals surface area contributed by atoms with Gasteiger partial charge in [-0.3, -0.25) is 9.59 Å². The van der Waals surface area contributed by atoms with Crippen LogP contribution in [0.5, 0.6) is 0 Å². The van der Waals surface area contributed by atoms with Gasteiger partial charge in [0, 0.05) is 39.2 Å². The Morgan fingerprint density at radius 2 is 2.00 bits per heavy atom. The number of benzene rings is 1. The summed E-state index contributed by atoms with van der Waals surface area (Å²) in [5.41, 5.74) is 1.54. The molecule has 1 amide bonds. The zero-order chi connectivity index (χ0) is 16.6. The average Bonchev–Trinajstić information content (AvgIpc) is 2.84. The number of halogens is 1. The van der Waals surface area contributed by atoms with Gasteiger partial charge in [-0.25, -0.2) is 0 Å². The van der Waals surface area contributed by atoms with Crippen LogP contribution >= 0.6 is 15.9 Å². The summed E-state index contributed by atoms with van der Waals surface area (Å²) in [5.74, 6) is 0.127. The van der Waals surface area contributed by atoms with E-state index in [2.05, 4.69) is 29.8 Å². The Morgan fingerprint density at radius 3 is 2.65 bits per heavy atom. The summed E-state index contributed by atoms with van der Waals surface area (Å²) in [6.07, 6.45) is 5.94. The van der Waals surface area contributed by atoms with Crippen LogP contribution in [0.1, 0.15) is 43.5 Å². The van der Waals surface area contributed by atoms with Crippen LogP contribution in [-0.4, -0.2) is 33.7 Å². The van der Waals surface area contributed by atoms with Gasteiger partial charge in [-0.15, -0.1) is 0 Å². The second-order valence-corrected chi connectivity index (χ2v) is 7.34. The summed E-state index contributed by atoms with van der Waals surface area (Å²) in [5, 5.41) is 0.877. The van der Waals surface area contributed by atoms with Gasteiger partial charge in [-0.1, -0.05) is 15.9 Å². The van der Waals surface area contributed by atoms with Gasteiger partial charge in [0.15, 0.2) is 6.29 Å². The molecule has 1 saturated heterocycles. The third-order valence-corrected chi connectivity index (χ3v) is 5.28. The maximum atomic E-state index is 12.8. The minimum Gasteiger partial charge on any atom is -0.337 e. The molecule has 0 aliphatic carbocycles. The molecule has 0 unspecified atom stereocenters. The molecule has 2 atom stereocenters. The summed E-state index contributed by atoms with van der Waals surface area (Å²) in [6.45, 7) is 4.52. The number of rotatable bonds is 3. The van der Waals surface area contributed by atoms with E-state index in [4.69, 9.17) is 0 Å². The number of nitrogens with zero attached hydrogens (tertiary/aromatic N) is 2. The molecule has 1 aromatic heterocycles. The summed E-state index contributed by atoms with van der Waals surface area (Å²) >= 11 is 3.43. The predicted octanol–water partition coefficient (Wildman–Crippen LogP) is 4.01. The molecule has 5 heteroatoms. The molecule has 1 aromatic carbocycles. The van der Waals surface area contributed by atoms with E-state index >= 15 is 0 Å². The fraction of sp³-hybridized carbons (Fsp3) is 0.444. The molecule has 0 saturated carbocycles. The van der Waals surface area contributed by atoms with E-state index in [0.717, 1.165) is 34.5 Å². The Labute approximate surface area is 144 Å². The first-order valence-corrected chi connectivity index (χ1v) is 8.85. The zero-order valence-electron chi connectivity index (χ0n) is 13.5. The molecular formula is C18H21BrN2O2. The van der Waals surface area contributed by atoms with Crippen molar-refractivity contribution < 1.29 is 9.59 Å². The van der Waals surface area contributed by atoms with E-state index in [0.29, 0.717) is 5.56 Å². The molecule has 1 aliphatic rings. The molecule has 3 rings (SSSR count). The Kier molecular flexibility index (Phi) is 4.57. The maximum Gasteiger partial charge on any atom is 0.242 e. The number of hydrogen-bond donors (Lipinski definition) is 0. The van der Waals surface area contributed by atoms with E-state index in [1.54, 1.807) is 6.20 Å². The van der Waals surface area contributed by atoms with Crippen LogP contribution in [0.3, 0.4) is 0 Å². The van der Waals surface area contributed by atoms with Crippen LogP contribution < -0.4 is 0 Å². The first-order chi connectivity index (χ1) is 11.0. The first-order valence-electron chi connectivity index (χ1n) is 8.06. The topological polar surface area (TPSA) is 42.3 Å². The van der Waals surface area contributed by atoms with Crippen molar-refractivity contribution in [3.8, 4) is 0 Å². The third kappa shape index (κ3) is 3.07. The van der Waals surface area contributed by atoms with Gasteiger partial charge in [0.05, 0.1) is 0 Å². The summed E-state index contributed by atoms with van der Waals surface area (Å²) in [6, 6.07) is 6.37. The smallest absolute Gasteiger partial charge is 0.242 e. The third-order valence-electron chi connectivity index (χ3n) is 4.79. The minimum absolute atomic E-state index is 0.127. The number of hydrogen-bond acceptors (Lipinski definition) is 2. The van der Waals surface area contributed by atoms with Crippen molar-refractivity contribution in [3.05, 3.63) is 34.4 Å². The lowest BCUT2D eigenvalue weighted by Gasteiger charge is -2.39. The molecule has 0 spiro atoms. The van der Waals surface area contributed by atoms with Crippen molar-refractivity contribution in [2.24, 2.45) is 0 Å². The van der Waals surface area contributed by atoms with Gasteiger partial charge in [0.1, 0.15) is 6.54 Å². The van der Waals surface area contributed by atoms with E-state index in [9.17, 15) is 9.59 Å². The molecule has 0 N–H and O–H groups in total. The summed E-state index contributed by atoms with van der Waals surface area (Å²) < 4.78 is 2.82. The predicted molar refractivity (Wildman–Crippen MR) is 94.6 cm³/mol. The van der Waals surface area contributed by atoms with Crippen molar-refractivity contribution >= 4 is 39.0 Å². The lowest BCUT2D eigenvalue weighted by Crippen LogP contribution is -2.48. The number of likely N-dealkylation sites (tertiary alicyclic amines) is 1. The highest BCUT2D eigenvalue weighted by Crippen LogP contribution is 2.26. The van der Waals surface area contributed by atoms with Crippen molar-refractivity contribution in [3.63, 3.8) is 0 Å². The van der Waals surface area contributed by atoms with Crippen LogP contribution in [0.15, 0.2) is 28.9 Å². The van der Waals surface area contributed by atoms with Gasteiger partial charge in [0.2, 0.25) is 5.91 Å². The van der Waals surface area contributed by atoms with Crippen LogP contribution in [0.25, 0.3) is 10.9 Å². The standard InChI is InChI=1S/C18H21BrN2O2/c1-12-4-3-5-13(2)21(12)18(23)10-20-9-14(11-22)16-8-15(19)6-7-17(16)20/h6-9,11-13H,3-5,10H2,1-2H3/t12-,13+. The average molecular weight is 377 g/mol. The highest BCUT2D eigenvalue weighted by molar-refractivity contribution is 9.10. The Balaban J connectivity index is 1.92. The van der Waals surface area contributed by atoms with Gasteiger partial charge < -0.3 is 9.47 Å². The van der Waals surface area contributed by atoms with Gasteiger partial charge >= 0.3 is 0 Å². The molecule has 1 aliphatic heterocycles. The van der Waals surface area contributed by atoms with Crippen molar-refractivity contribution in [2.45, 2.75) is 51.7 Å². The quantitative estimate of drug-likeness (QED) is 0.759. The fourth-order valence-electron chi connectivity index (χ4n) is 3.66. The summed E-state index contributed by atoms with van der Waals surface area (Å²) in [4.78, 5) is 26.1. The van der Waals surface area contributed by atoms with Crippen molar-refractivity contribution in [2.75, 3.05) is 0 Å². The normalized spacial score (nSPS) is 21.6. The number of piperidine rings is 1. The second kappa shape index (κ2) is 6.48. The molecule has 2 aromatic rings. The van der Waals surface area contributed by atoms with E-state index in [1.165, 1.54) is 6.42 Å². The molecule has 23 heavy (non-hydrogen) atoms. The van der Waals surface area contributed by atoms with E-state index in [-0.39, 0.29) is 24.5 Å². The number of aldehydes is 1. The molecule has 0 bridgehead atoms. The van der Waals surface area contributed by atoms with Crippen LogP contribution in [-0.2, 0) is 11.3 Å². The fourth-order valence-corrected chi connectivity index (χ4v) is 4.02. The summed E-state index contributed by atoms with van der Waals surface area (Å²) in [7, 11) is 0. The van der Waals surface area contributed by atoms with Gasteiger partial charge in [0.25, 0.3) is 0 Å². The second-order valence-electron chi connectivity index (χ2n) is 6.42. The highest BCUT2D eigenvalue weighted by atomic mass is 79.9. The Hall–Kier alpha value is -1.62. The van der Waals surface area contributed by atoms with Gasteiger partial charge in [-0.2, -0.15) is 0 Å². The largest absolute Gasteiger partial charge is 0.337 e.